The molecule has 21 heavy (non-hydrogen) atoms. The third-order valence-corrected chi connectivity index (χ3v) is 5.46. The highest BCUT2D eigenvalue weighted by Gasteiger charge is 2.24. The summed E-state index contributed by atoms with van der Waals surface area (Å²) >= 11 is 1.58. The minimum absolute atomic E-state index is 0.00373. The molecule has 0 saturated carbocycles. The van der Waals surface area contributed by atoms with Gasteiger partial charge in [0.25, 0.3) is 0 Å². The number of nitrogens with one attached hydrogen (secondary N) is 1. The second kappa shape index (κ2) is 6.14. The van der Waals surface area contributed by atoms with E-state index in [0.29, 0.717) is 12.1 Å². The van der Waals surface area contributed by atoms with Crippen molar-refractivity contribution in [1.82, 2.24) is 9.80 Å². The molecule has 0 aromatic carbocycles. The number of aryl methyl sites for hydroxylation is 1. The Morgan fingerprint density at radius 1 is 1.33 bits per heavy atom. The number of carbonyl (C=O) groups excluding carboxylic acids is 1. The number of rotatable bonds is 3. The van der Waals surface area contributed by atoms with E-state index in [1.165, 1.54) is 4.88 Å². The standard InChI is InChI=1S/C15H20N4OS/c1-18-5-7-19(8-6-18)10-14(20)17-15-12(9-16)11-3-2-4-13(11)21-15/h2-8,10H2,1H3,(H,17,20). The summed E-state index contributed by atoms with van der Waals surface area (Å²) in [6.07, 6.45) is 3.15. The lowest BCUT2D eigenvalue weighted by atomic mass is 10.1. The lowest BCUT2D eigenvalue weighted by Crippen LogP contribution is -2.47. The third-order valence-electron chi connectivity index (χ3n) is 4.25. The Hall–Kier alpha value is -1.42. The molecule has 2 aliphatic rings. The number of hydrogen-bond donors (Lipinski definition) is 1. The Kier molecular flexibility index (Phi) is 4.24. The van der Waals surface area contributed by atoms with E-state index in [0.717, 1.165) is 56.0 Å². The van der Waals surface area contributed by atoms with Gasteiger partial charge in [0, 0.05) is 31.1 Å². The molecule has 0 radical (unpaired) electrons. The number of amides is 1. The summed E-state index contributed by atoms with van der Waals surface area (Å²) < 4.78 is 0. The number of nitrogens with zero attached hydrogens (tertiary/aromatic N) is 3. The Labute approximate surface area is 129 Å². The molecule has 1 aliphatic carbocycles. The van der Waals surface area contributed by atoms with E-state index in [4.69, 9.17) is 0 Å². The maximum absolute atomic E-state index is 12.2. The number of likely N-dealkylation sites (N-methyl/N-ethyl adjacent to an activating group) is 1. The van der Waals surface area contributed by atoms with E-state index in [-0.39, 0.29) is 5.91 Å². The number of carbonyl (C=O) groups is 1. The Morgan fingerprint density at radius 3 is 2.81 bits per heavy atom. The highest BCUT2D eigenvalue weighted by Crippen LogP contribution is 2.38. The summed E-state index contributed by atoms with van der Waals surface area (Å²) in [7, 11) is 2.10. The van der Waals surface area contributed by atoms with Gasteiger partial charge in [0.05, 0.1) is 12.1 Å². The van der Waals surface area contributed by atoms with Crippen molar-refractivity contribution in [2.45, 2.75) is 19.3 Å². The van der Waals surface area contributed by atoms with Gasteiger partial charge in [-0.25, -0.2) is 0 Å². The third kappa shape index (κ3) is 3.10. The van der Waals surface area contributed by atoms with Crippen molar-refractivity contribution in [1.29, 1.82) is 5.26 Å². The molecule has 0 bridgehead atoms. The maximum Gasteiger partial charge on any atom is 0.239 e. The van der Waals surface area contributed by atoms with Crippen LogP contribution in [0.4, 0.5) is 5.00 Å². The summed E-state index contributed by atoms with van der Waals surface area (Å²) in [6.45, 7) is 4.28. The molecule has 6 heteroatoms. The zero-order chi connectivity index (χ0) is 14.8. The van der Waals surface area contributed by atoms with Crippen molar-refractivity contribution in [3.63, 3.8) is 0 Å². The van der Waals surface area contributed by atoms with Crippen LogP contribution in [0.3, 0.4) is 0 Å². The molecule has 1 aromatic rings. The van der Waals surface area contributed by atoms with Crippen LogP contribution < -0.4 is 5.32 Å². The van der Waals surface area contributed by atoms with Crippen molar-refractivity contribution < 1.29 is 4.79 Å². The summed E-state index contributed by atoms with van der Waals surface area (Å²) in [5.41, 5.74) is 1.86. The van der Waals surface area contributed by atoms with Crippen LogP contribution >= 0.6 is 11.3 Å². The maximum atomic E-state index is 12.2. The van der Waals surface area contributed by atoms with Crippen LogP contribution in [0.5, 0.6) is 0 Å². The number of piperazine rings is 1. The molecule has 1 amide bonds. The summed E-state index contributed by atoms with van der Waals surface area (Å²) in [5.74, 6) is -0.00373. The zero-order valence-corrected chi connectivity index (χ0v) is 13.1. The number of anilines is 1. The molecule has 1 aromatic heterocycles. The molecule has 1 fully saturated rings. The minimum atomic E-state index is -0.00373. The van der Waals surface area contributed by atoms with E-state index < -0.39 is 0 Å². The Bertz CT molecular complexity index is 581. The van der Waals surface area contributed by atoms with E-state index in [9.17, 15) is 10.1 Å². The Balaban J connectivity index is 1.62. The molecule has 5 nitrogen and oxygen atoms in total. The van der Waals surface area contributed by atoms with Crippen molar-refractivity contribution in [3.8, 4) is 6.07 Å². The topological polar surface area (TPSA) is 59.4 Å². The van der Waals surface area contributed by atoms with Crippen LogP contribution in [-0.4, -0.2) is 55.5 Å². The molecule has 0 unspecified atom stereocenters. The fourth-order valence-electron chi connectivity index (χ4n) is 2.99. The van der Waals surface area contributed by atoms with E-state index in [1.54, 1.807) is 11.3 Å². The van der Waals surface area contributed by atoms with Gasteiger partial charge in [-0.05, 0) is 31.9 Å². The van der Waals surface area contributed by atoms with Gasteiger partial charge in [-0.1, -0.05) is 0 Å². The van der Waals surface area contributed by atoms with Crippen molar-refractivity contribution >= 4 is 22.2 Å². The second-order valence-corrected chi connectivity index (χ2v) is 6.91. The molecule has 112 valence electrons. The number of thiophene rings is 1. The highest BCUT2D eigenvalue weighted by molar-refractivity contribution is 7.16. The summed E-state index contributed by atoms with van der Waals surface area (Å²) in [6, 6.07) is 2.27. The quantitative estimate of drug-likeness (QED) is 0.914. The van der Waals surface area contributed by atoms with E-state index in [2.05, 4.69) is 28.2 Å². The van der Waals surface area contributed by atoms with Gasteiger partial charge in [0.1, 0.15) is 11.1 Å². The number of fused-ring (bicyclic) bond motifs is 1. The molecule has 0 spiro atoms. The molecule has 0 atom stereocenters. The van der Waals surface area contributed by atoms with Gasteiger partial charge in [-0.15, -0.1) is 11.3 Å². The minimum Gasteiger partial charge on any atom is -0.315 e. The molecule has 1 aliphatic heterocycles. The largest absolute Gasteiger partial charge is 0.315 e. The first-order valence-corrected chi connectivity index (χ1v) is 8.24. The number of nitriles is 1. The molecule has 3 rings (SSSR count). The van der Waals surface area contributed by atoms with E-state index in [1.807, 2.05) is 0 Å². The normalized spacial score (nSPS) is 19.2. The van der Waals surface area contributed by atoms with Crippen LogP contribution in [-0.2, 0) is 17.6 Å². The first kappa shape index (κ1) is 14.5. The molecular weight excluding hydrogens is 284 g/mol. The number of hydrogen-bond acceptors (Lipinski definition) is 5. The lowest BCUT2D eigenvalue weighted by Gasteiger charge is -2.31. The zero-order valence-electron chi connectivity index (χ0n) is 12.3. The average Bonchev–Trinajstić information content (AvgIpc) is 3.01. The second-order valence-electron chi connectivity index (χ2n) is 5.80. The smallest absolute Gasteiger partial charge is 0.239 e. The fourth-order valence-corrected chi connectivity index (χ4v) is 4.24. The van der Waals surface area contributed by atoms with Crippen LogP contribution in [0.25, 0.3) is 0 Å². The van der Waals surface area contributed by atoms with Crippen molar-refractivity contribution in [3.05, 3.63) is 16.0 Å². The predicted molar refractivity (Wildman–Crippen MR) is 83.6 cm³/mol. The van der Waals surface area contributed by atoms with Crippen LogP contribution in [0.1, 0.15) is 22.4 Å². The van der Waals surface area contributed by atoms with Crippen molar-refractivity contribution in [2.75, 3.05) is 45.1 Å². The highest BCUT2D eigenvalue weighted by atomic mass is 32.1. The van der Waals surface area contributed by atoms with Gasteiger partial charge in [0.2, 0.25) is 5.91 Å². The van der Waals surface area contributed by atoms with Crippen LogP contribution in [0.15, 0.2) is 0 Å². The molecule has 1 N–H and O–H groups in total. The molecular formula is C15H20N4OS. The molecule has 1 saturated heterocycles. The lowest BCUT2D eigenvalue weighted by molar-refractivity contribution is -0.117. The van der Waals surface area contributed by atoms with Gasteiger partial charge < -0.3 is 10.2 Å². The average molecular weight is 304 g/mol. The van der Waals surface area contributed by atoms with Crippen LogP contribution in [0.2, 0.25) is 0 Å². The summed E-state index contributed by atoms with van der Waals surface area (Å²) in [4.78, 5) is 17.9. The SMILES string of the molecule is CN1CCN(CC(=O)Nc2sc3c(c2C#N)CCC3)CC1. The van der Waals surface area contributed by atoms with Gasteiger partial charge in [-0.3, -0.25) is 9.69 Å². The van der Waals surface area contributed by atoms with E-state index >= 15 is 0 Å². The first-order valence-electron chi connectivity index (χ1n) is 7.42. The summed E-state index contributed by atoms with van der Waals surface area (Å²) in [5, 5.41) is 13.0. The fraction of sp³-hybridized carbons (Fsp3) is 0.600. The molecule has 2 heterocycles. The van der Waals surface area contributed by atoms with Gasteiger partial charge in [0.15, 0.2) is 0 Å². The first-order chi connectivity index (χ1) is 10.2. The monoisotopic (exact) mass is 304 g/mol. The van der Waals surface area contributed by atoms with Gasteiger partial charge >= 0.3 is 0 Å². The Morgan fingerprint density at radius 2 is 2.10 bits per heavy atom. The van der Waals surface area contributed by atoms with Crippen molar-refractivity contribution in [2.24, 2.45) is 0 Å². The van der Waals surface area contributed by atoms with Crippen LogP contribution in [0, 0.1) is 11.3 Å². The predicted octanol–water partition coefficient (Wildman–Crippen LogP) is 1.29. The van der Waals surface area contributed by atoms with Gasteiger partial charge in [-0.2, -0.15) is 5.26 Å².